The van der Waals surface area contributed by atoms with Crippen LogP contribution < -0.4 is 11.5 Å². The lowest BCUT2D eigenvalue weighted by Crippen LogP contribution is -2.36. The summed E-state index contributed by atoms with van der Waals surface area (Å²) in [7, 11) is -0.643. The Balaban J connectivity index is 1.17. The van der Waals surface area contributed by atoms with Gasteiger partial charge in [0, 0.05) is 5.92 Å². The number of anilines is 2. The van der Waals surface area contributed by atoms with Gasteiger partial charge in [-0.3, -0.25) is 18.2 Å². The average Bonchev–Trinajstić information content (AvgIpc) is 3.77. The molecular formula is C22H28N10O9P2S2. The Morgan fingerprint density at radius 1 is 0.933 bits per heavy atom. The molecule has 0 aliphatic carbocycles. The highest BCUT2D eigenvalue weighted by atomic mass is 32.5. The lowest BCUT2D eigenvalue weighted by Gasteiger charge is -2.26. The van der Waals surface area contributed by atoms with Gasteiger partial charge in [-0.05, 0) is 24.0 Å². The summed E-state index contributed by atoms with van der Waals surface area (Å²) in [6.45, 7) is -4.79. The van der Waals surface area contributed by atoms with Crippen molar-refractivity contribution < 1.29 is 42.7 Å². The third-order valence-electron chi connectivity index (χ3n) is 7.54. The third kappa shape index (κ3) is 6.28. The van der Waals surface area contributed by atoms with Crippen LogP contribution in [0.15, 0.2) is 25.3 Å². The van der Waals surface area contributed by atoms with Crippen LogP contribution in [0, 0.1) is 5.92 Å². The lowest BCUT2D eigenvalue weighted by atomic mass is 9.97. The number of hydrogen-bond donors (Lipinski definition) is 6. The van der Waals surface area contributed by atoms with Crippen LogP contribution >= 0.6 is 28.0 Å². The summed E-state index contributed by atoms with van der Waals surface area (Å²) in [6, 6.07) is 0. The molecular weight excluding hydrogens is 674 g/mol. The van der Waals surface area contributed by atoms with Gasteiger partial charge in [0.05, 0.1) is 32.0 Å². The molecule has 1 unspecified atom stereocenters. The molecule has 4 aromatic rings. The normalized spacial score (nSPS) is 30.0. The first kappa shape index (κ1) is 32.4. The summed E-state index contributed by atoms with van der Waals surface area (Å²) >= 11 is 9.60. The summed E-state index contributed by atoms with van der Waals surface area (Å²) in [4.78, 5) is 35.8. The first-order valence-electron chi connectivity index (χ1n) is 13.4. The van der Waals surface area contributed by atoms with Gasteiger partial charge >= 0.3 is 15.4 Å². The zero-order valence-electron chi connectivity index (χ0n) is 23.0. The number of nitrogen functional groups attached to an aromatic ring is 2. The fraction of sp³-hybridized carbons (Fsp3) is 0.545. The maximum absolute atomic E-state index is 11.2. The minimum absolute atomic E-state index is 0.122. The number of aliphatic hydroxyl groups is 2. The van der Waals surface area contributed by atoms with Crippen molar-refractivity contribution in [3.63, 3.8) is 0 Å². The van der Waals surface area contributed by atoms with Crippen molar-refractivity contribution in [1.82, 2.24) is 39.0 Å². The molecule has 23 heteroatoms. The van der Waals surface area contributed by atoms with Crippen molar-refractivity contribution in [2.24, 2.45) is 5.92 Å². The molecule has 2 aliphatic heterocycles. The van der Waals surface area contributed by atoms with Gasteiger partial charge < -0.3 is 40.6 Å². The van der Waals surface area contributed by atoms with E-state index in [1.54, 1.807) is 4.57 Å². The van der Waals surface area contributed by atoms with Gasteiger partial charge in [0.1, 0.15) is 54.3 Å². The third-order valence-corrected chi connectivity index (χ3v) is 9.62. The standard InChI is InChI=1S/C22H28N10O9P2S2/c23-17-12-19(27-5-25-17)31(7-29-12)21-9(1-2-44)14(33)10(39-21)4-38-43(36,45)41-16-11(3-37-42-35)40-22(15(16)34)32-8-30-13-18(24)26-6-28-20(13)32/h5-11,14-16,21-22,33-34,44H,1-4H2,(H,36,45)(H2,23,25,27)(H2,24,26,28)/t9-,10-,11-,14+,15-,16-,21-,22-,43?/m1/s1. The number of nitrogens with two attached hydrogens (primary N) is 2. The van der Waals surface area contributed by atoms with E-state index in [9.17, 15) is 19.7 Å². The fourth-order valence-corrected chi connectivity index (χ4v) is 7.41. The Morgan fingerprint density at radius 3 is 2.13 bits per heavy atom. The molecule has 9 atom stereocenters. The molecule has 2 fully saturated rings. The van der Waals surface area contributed by atoms with Gasteiger partial charge in [-0.25, -0.2) is 34.5 Å². The van der Waals surface area contributed by atoms with Crippen molar-refractivity contribution in [2.75, 3.05) is 30.4 Å². The number of ether oxygens (including phenoxy) is 2. The Labute approximate surface area is 266 Å². The van der Waals surface area contributed by atoms with E-state index < -0.39 is 64.3 Å². The van der Waals surface area contributed by atoms with Crippen molar-refractivity contribution in [3.8, 4) is 0 Å². The number of aliphatic hydroxyl groups excluding tert-OH is 2. The molecule has 4 aromatic heterocycles. The van der Waals surface area contributed by atoms with Crippen molar-refractivity contribution in [3.05, 3.63) is 25.3 Å². The second-order valence-corrected chi connectivity index (χ2v) is 13.8. The SMILES string of the molecule is Nc1ncnc2c1ncn2[C@@H]1O[C@H](COP=O)[C@@H](OP(O)(=S)OC[C@H]2O[C@@H](n3cnc4c(N)ncnc43)[C@H](CCS)[C@@H]2O)[C@H]1O. The number of hydrogen-bond acceptors (Lipinski definition) is 18. The first-order chi connectivity index (χ1) is 21.6. The smallest absolute Gasteiger partial charge is 0.327 e. The Hall–Kier alpha value is -2.52. The number of thiol groups is 1. The fourth-order valence-electron chi connectivity index (χ4n) is 5.46. The van der Waals surface area contributed by atoms with Crippen LogP contribution in [-0.4, -0.2) is 104 Å². The van der Waals surface area contributed by atoms with Gasteiger partial charge in [-0.2, -0.15) is 12.6 Å². The van der Waals surface area contributed by atoms with E-state index in [0.717, 1.165) is 0 Å². The van der Waals surface area contributed by atoms with E-state index >= 15 is 0 Å². The number of fused-ring (bicyclic) bond motifs is 2. The Kier molecular flexibility index (Phi) is 9.58. The van der Waals surface area contributed by atoms with Crippen LogP contribution in [0.3, 0.4) is 0 Å². The molecule has 19 nitrogen and oxygen atoms in total. The Morgan fingerprint density at radius 2 is 1.53 bits per heavy atom. The van der Waals surface area contributed by atoms with Crippen LogP contribution in [-0.2, 0) is 39.4 Å². The number of imidazole rings is 2. The number of aromatic nitrogens is 8. The molecule has 242 valence electrons. The number of rotatable bonds is 12. The molecule has 7 N–H and O–H groups in total. The summed E-state index contributed by atoms with van der Waals surface area (Å²) in [6.07, 6.45) is -1.83. The molecule has 6 heterocycles. The molecule has 2 saturated heterocycles. The maximum Gasteiger partial charge on any atom is 0.327 e. The van der Waals surface area contributed by atoms with Gasteiger partial charge in [-0.15, -0.1) is 0 Å². The zero-order chi connectivity index (χ0) is 31.9. The second-order valence-electron chi connectivity index (χ2n) is 10.2. The van der Waals surface area contributed by atoms with E-state index in [1.165, 1.54) is 29.9 Å². The highest BCUT2D eigenvalue weighted by molar-refractivity contribution is 8.07. The van der Waals surface area contributed by atoms with Crippen LogP contribution in [0.2, 0.25) is 0 Å². The molecule has 0 bridgehead atoms. The van der Waals surface area contributed by atoms with Crippen LogP contribution in [0.4, 0.5) is 11.6 Å². The zero-order valence-corrected chi connectivity index (χ0v) is 26.5. The molecule has 6 rings (SSSR count). The van der Waals surface area contributed by atoms with Gasteiger partial charge in [0.15, 0.2) is 29.2 Å². The van der Waals surface area contributed by atoms with E-state index in [2.05, 4.69) is 42.5 Å². The quantitative estimate of drug-likeness (QED) is 0.0846. The predicted molar refractivity (Wildman–Crippen MR) is 162 cm³/mol. The van der Waals surface area contributed by atoms with Crippen molar-refractivity contribution in [1.29, 1.82) is 0 Å². The molecule has 0 radical (unpaired) electrons. The van der Waals surface area contributed by atoms with Crippen LogP contribution in [0.25, 0.3) is 22.3 Å². The summed E-state index contributed by atoms with van der Waals surface area (Å²) in [5, 5.41) is 22.4. The van der Waals surface area contributed by atoms with E-state index in [4.69, 9.17) is 46.3 Å². The highest BCUT2D eigenvalue weighted by Gasteiger charge is 2.50. The number of nitrogens with zero attached hydrogens (tertiary/aromatic N) is 8. The van der Waals surface area contributed by atoms with Gasteiger partial charge in [-0.1, -0.05) is 0 Å². The largest absolute Gasteiger partial charge is 0.390 e. The van der Waals surface area contributed by atoms with Crippen molar-refractivity contribution >= 4 is 73.8 Å². The topological polar surface area (TPSA) is 263 Å². The van der Waals surface area contributed by atoms with Gasteiger partial charge in [0.25, 0.3) is 0 Å². The lowest BCUT2D eigenvalue weighted by molar-refractivity contribution is -0.0495. The highest BCUT2D eigenvalue weighted by Crippen LogP contribution is 2.50. The summed E-state index contributed by atoms with van der Waals surface area (Å²) in [5.41, 5.74) is 13.1. The molecule has 0 aromatic carbocycles. The maximum atomic E-state index is 11.2. The van der Waals surface area contributed by atoms with Crippen LogP contribution in [0.1, 0.15) is 18.9 Å². The molecule has 0 spiro atoms. The second kappa shape index (κ2) is 13.3. The monoisotopic (exact) mass is 702 g/mol. The summed E-state index contributed by atoms with van der Waals surface area (Å²) < 4.78 is 42.5. The molecule has 0 amide bonds. The molecule has 0 saturated carbocycles. The van der Waals surface area contributed by atoms with Crippen molar-refractivity contribution in [2.45, 2.75) is 49.4 Å². The average molecular weight is 703 g/mol. The van der Waals surface area contributed by atoms with E-state index in [0.29, 0.717) is 23.3 Å². The van der Waals surface area contributed by atoms with E-state index in [-0.39, 0.29) is 36.0 Å². The molecule has 45 heavy (non-hydrogen) atoms. The Bertz CT molecular complexity index is 1740. The van der Waals surface area contributed by atoms with E-state index in [1.807, 2.05) is 0 Å². The predicted octanol–water partition coefficient (Wildman–Crippen LogP) is 0.125. The minimum atomic E-state index is -4.12. The molecule has 2 aliphatic rings. The minimum Gasteiger partial charge on any atom is -0.390 e. The van der Waals surface area contributed by atoms with Crippen LogP contribution in [0.5, 0.6) is 0 Å². The van der Waals surface area contributed by atoms with Gasteiger partial charge in [0.2, 0.25) is 0 Å². The summed E-state index contributed by atoms with van der Waals surface area (Å²) in [5.74, 6) is 0.303. The first-order valence-corrected chi connectivity index (χ1v) is 17.3.